The van der Waals surface area contributed by atoms with Crippen molar-refractivity contribution in [3.8, 4) is 0 Å². The number of thioether (sulfide) groups is 1. The van der Waals surface area contributed by atoms with Gasteiger partial charge in [0.25, 0.3) is 0 Å². The lowest BCUT2D eigenvalue weighted by atomic mass is 9.66. The van der Waals surface area contributed by atoms with Crippen LogP contribution in [0.2, 0.25) is 0 Å². The van der Waals surface area contributed by atoms with E-state index in [4.69, 9.17) is 0 Å². The summed E-state index contributed by atoms with van der Waals surface area (Å²) in [6.45, 7) is 20.9. The first-order chi connectivity index (χ1) is 16.9. The average molecular weight is 520 g/mol. The fraction of sp³-hybridized carbons (Fsp3) is 0.750. The molecule has 2 unspecified atom stereocenters. The Morgan fingerprint density at radius 2 is 1.81 bits per heavy atom. The number of hydrogen-bond donors (Lipinski definition) is 1. The van der Waals surface area contributed by atoms with E-state index in [0.717, 1.165) is 12.8 Å². The topological polar surface area (TPSA) is 81.2 Å². The van der Waals surface area contributed by atoms with E-state index in [0.29, 0.717) is 26.1 Å². The van der Waals surface area contributed by atoms with Crippen molar-refractivity contribution < 1.29 is 19.5 Å². The number of rotatable bonds is 12. The molecule has 202 valence electrons. The van der Waals surface area contributed by atoms with Crippen LogP contribution in [0.25, 0.3) is 0 Å². The molecule has 6 atom stereocenters. The zero-order valence-corrected chi connectivity index (χ0v) is 23.7. The van der Waals surface area contributed by atoms with Crippen LogP contribution >= 0.6 is 11.8 Å². The Kier molecular flexibility index (Phi) is 8.71. The smallest absolute Gasteiger partial charge is 0.247 e. The number of carbonyl (C=O) groups excluding carboxylic acids is 3. The second kappa shape index (κ2) is 10.9. The number of fused-ring (bicyclic) bond motifs is 1. The van der Waals surface area contributed by atoms with Crippen molar-refractivity contribution in [2.45, 2.75) is 88.4 Å². The summed E-state index contributed by atoms with van der Waals surface area (Å²) in [6.07, 6.45) is 5.74. The normalized spacial score (nSPS) is 31.6. The van der Waals surface area contributed by atoms with E-state index in [1.165, 1.54) is 0 Å². The van der Waals surface area contributed by atoms with Gasteiger partial charge in [0.05, 0.1) is 29.2 Å². The van der Waals surface area contributed by atoms with E-state index in [1.807, 2.05) is 39.5 Å². The van der Waals surface area contributed by atoms with Crippen LogP contribution in [0.1, 0.15) is 60.8 Å². The van der Waals surface area contributed by atoms with Crippen LogP contribution in [0, 0.1) is 17.8 Å². The van der Waals surface area contributed by atoms with Crippen molar-refractivity contribution in [3.63, 3.8) is 0 Å². The van der Waals surface area contributed by atoms with Crippen LogP contribution in [0.15, 0.2) is 25.3 Å². The van der Waals surface area contributed by atoms with Crippen LogP contribution in [-0.2, 0) is 14.4 Å². The van der Waals surface area contributed by atoms with Gasteiger partial charge in [-0.1, -0.05) is 32.9 Å². The molecule has 3 saturated heterocycles. The molecule has 36 heavy (non-hydrogen) atoms. The lowest BCUT2D eigenvalue weighted by Gasteiger charge is -2.41. The number of aliphatic hydroxyl groups excluding tert-OH is 1. The van der Waals surface area contributed by atoms with Gasteiger partial charge in [0.2, 0.25) is 17.7 Å². The van der Waals surface area contributed by atoms with E-state index in [2.05, 4.69) is 20.1 Å². The average Bonchev–Trinajstić information content (AvgIpc) is 3.38. The van der Waals surface area contributed by atoms with E-state index in [1.54, 1.807) is 33.7 Å². The van der Waals surface area contributed by atoms with Crippen molar-refractivity contribution in [1.82, 2.24) is 14.7 Å². The third kappa shape index (κ3) is 4.42. The van der Waals surface area contributed by atoms with Crippen LogP contribution in [0.5, 0.6) is 0 Å². The minimum atomic E-state index is -0.722. The number of likely N-dealkylation sites (tertiary alicyclic amines) is 1. The van der Waals surface area contributed by atoms with Crippen LogP contribution < -0.4 is 0 Å². The van der Waals surface area contributed by atoms with E-state index in [9.17, 15) is 19.5 Å². The fourth-order valence-electron chi connectivity index (χ4n) is 6.76. The highest BCUT2D eigenvalue weighted by Crippen LogP contribution is 2.72. The van der Waals surface area contributed by atoms with Gasteiger partial charge in [0.1, 0.15) is 6.04 Å². The SMILES string of the molecule is C=CCN(CCC)C(=O)[C@H]1[C@H]2C(=O)N([C@@H](CO)C(C)C)C(C(=O)N(CC=C)C(C)C)C23CC[C@]1(C)S3. The maximum absolute atomic E-state index is 14.4. The molecule has 3 aliphatic rings. The van der Waals surface area contributed by atoms with E-state index in [-0.39, 0.29) is 36.3 Å². The molecule has 1 N–H and O–H groups in total. The largest absolute Gasteiger partial charge is 0.394 e. The van der Waals surface area contributed by atoms with Gasteiger partial charge in [-0.05, 0) is 46.0 Å². The molecule has 3 heterocycles. The minimum Gasteiger partial charge on any atom is -0.394 e. The summed E-state index contributed by atoms with van der Waals surface area (Å²) in [4.78, 5) is 48.0. The van der Waals surface area contributed by atoms with Crippen molar-refractivity contribution >= 4 is 29.5 Å². The number of nitrogens with zero attached hydrogens (tertiary/aromatic N) is 3. The predicted molar refractivity (Wildman–Crippen MR) is 145 cm³/mol. The third-order valence-electron chi connectivity index (χ3n) is 8.42. The van der Waals surface area contributed by atoms with Gasteiger partial charge in [0, 0.05) is 30.4 Å². The van der Waals surface area contributed by atoms with Gasteiger partial charge in [-0.15, -0.1) is 24.9 Å². The van der Waals surface area contributed by atoms with Crippen LogP contribution in [0.3, 0.4) is 0 Å². The molecule has 0 radical (unpaired) electrons. The molecule has 3 amide bonds. The Balaban J connectivity index is 2.16. The second-order valence-corrected chi connectivity index (χ2v) is 13.3. The molecular weight excluding hydrogens is 474 g/mol. The summed E-state index contributed by atoms with van der Waals surface area (Å²) in [5, 5.41) is 10.4. The maximum atomic E-state index is 14.4. The molecule has 2 bridgehead atoms. The molecule has 3 aliphatic heterocycles. The summed E-state index contributed by atoms with van der Waals surface area (Å²) in [7, 11) is 0. The number of hydrogen-bond acceptors (Lipinski definition) is 5. The summed E-state index contributed by atoms with van der Waals surface area (Å²) in [5.41, 5.74) is 0. The minimum absolute atomic E-state index is 0.0170. The van der Waals surface area contributed by atoms with Gasteiger partial charge in [-0.2, -0.15) is 0 Å². The lowest BCUT2D eigenvalue weighted by molar-refractivity contribution is -0.149. The predicted octanol–water partition coefficient (Wildman–Crippen LogP) is 3.33. The fourth-order valence-corrected chi connectivity index (χ4v) is 9.09. The zero-order chi connectivity index (χ0) is 27.0. The maximum Gasteiger partial charge on any atom is 0.247 e. The van der Waals surface area contributed by atoms with Crippen LogP contribution in [0.4, 0.5) is 0 Å². The Morgan fingerprint density at radius 3 is 2.31 bits per heavy atom. The molecular formula is C28H45N3O4S. The van der Waals surface area contributed by atoms with Gasteiger partial charge >= 0.3 is 0 Å². The summed E-state index contributed by atoms with van der Waals surface area (Å²) < 4.78 is -1.10. The first kappa shape index (κ1) is 28.8. The highest BCUT2D eigenvalue weighted by atomic mass is 32.2. The summed E-state index contributed by atoms with van der Waals surface area (Å²) in [5.74, 6) is -1.42. The molecule has 0 saturated carbocycles. The van der Waals surface area contributed by atoms with Gasteiger partial charge in [0.15, 0.2) is 0 Å². The summed E-state index contributed by atoms with van der Waals surface area (Å²) >= 11 is 1.68. The van der Waals surface area contributed by atoms with Gasteiger partial charge in [-0.3, -0.25) is 14.4 Å². The van der Waals surface area contributed by atoms with Crippen LogP contribution in [-0.4, -0.2) is 91.4 Å². The molecule has 0 aromatic rings. The van der Waals surface area contributed by atoms with Crippen molar-refractivity contribution in [2.75, 3.05) is 26.2 Å². The lowest BCUT2D eigenvalue weighted by Crippen LogP contribution is -2.59. The van der Waals surface area contributed by atoms with Gasteiger partial charge < -0.3 is 19.8 Å². The van der Waals surface area contributed by atoms with E-state index < -0.39 is 33.4 Å². The Hall–Kier alpha value is -1.80. The van der Waals surface area contributed by atoms with Crippen molar-refractivity contribution in [3.05, 3.63) is 25.3 Å². The first-order valence-electron chi connectivity index (χ1n) is 13.4. The first-order valence-corrected chi connectivity index (χ1v) is 14.2. The second-order valence-electron chi connectivity index (χ2n) is 11.4. The molecule has 7 nitrogen and oxygen atoms in total. The molecule has 1 spiro atoms. The Labute approximate surface area is 221 Å². The molecule has 0 aromatic heterocycles. The molecule has 3 fully saturated rings. The Morgan fingerprint density at radius 1 is 1.17 bits per heavy atom. The highest BCUT2D eigenvalue weighted by Gasteiger charge is 2.78. The molecule has 0 aliphatic carbocycles. The number of aliphatic hydroxyl groups is 1. The van der Waals surface area contributed by atoms with Crippen molar-refractivity contribution in [1.29, 1.82) is 0 Å². The third-order valence-corrected chi connectivity index (χ3v) is 10.4. The highest BCUT2D eigenvalue weighted by molar-refractivity contribution is 8.02. The number of amides is 3. The molecule has 8 heteroatoms. The monoisotopic (exact) mass is 519 g/mol. The number of carbonyl (C=O) groups is 3. The standard InChI is InChI=1S/C28H45N3O4S/c1-9-14-29(15-10-2)24(33)21-22-25(34)31(20(17-32)18(4)5)23(26(35)30(16-11-3)19(6)7)28(22)13-12-27(21,8)36-28/h9,11,18-23,32H,1,3,10,12-17H2,2,4-8H3/t20-,21+,22-,23?,27-,28?/m0/s1. The van der Waals surface area contributed by atoms with Gasteiger partial charge in [-0.25, -0.2) is 0 Å². The quantitative estimate of drug-likeness (QED) is 0.400. The molecule has 0 aromatic carbocycles. The summed E-state index contributed by atoms with van der Waals surface area (Å²) in [6, 6.07) is -1.29. The van der Waals surface area contributed by atoms with Crippen molar-refractivity contribution in [2.24, 2.45) is 17.8 Å². The zero-order valence-electron chi connectivity index (χ0n) is 22.9. The Bertz CT molecular complexity index is 892. The van der Waals surface area contributed by atoms with E-state index >= 15 is 0 Å². The molecule has 3 rings (SSSR count).